The SMILES string of the molecule is CC[C@@H](N[S@](=O)C(C)(C)C)c1ccc(Cl)c(Oc2ccc3c(c2)OCC(=O)N3)c1F. The van der Waals surface area contributed by atoms with Crippen LogP contribution >= 0.6 is 11.6 Å². The molecule has 6 nitrogen and oxygen atoms in total. The largest absolute Gasteiger partial charge is 0.481 e. The van der Waals surface area contributed by atoms with Gasteiger partial charge in [0.05, 0.1) is 26.4 Å². The van der Waals surface area contributed by atoms with Crippen molar-refractivity contribution >= 4 is 34.2 Å². The summed E-state index contributed by atoms with van der Waals surface area (Å²) in [5.41, 5.74) is 0.829. The summed E-state index contributed by atoms with van der Waals surface area (Å²) in [6.45, 7) is 7.31. The number of hydrogen-bond donors (Lipinski definition) is 2. The molecule has 2 atom stereocenters. The van der Waals surface area contributed by atoms with Crippen LogP contribution in [0.5, 0.6) is 17.2 Å². The van der Waals surface area contributed by atoms with Crippen LogP contribution in [0.3, 0.4) is 0 Å². The van der Waals surface area contributed by atoms with Crippen molar-refractivity contribution in [3.63, 3.8) is 0 Å². The number of amides is 1. The van der Waals surface area contributed by atoms with E-state index in [9.17, 15) is 9.00 Å². The van der Waals surface area contributed by atoms with Crippen LogP contribution < -0.4 is 19.5 Å². The van der Waals surface area contributed by atoms with Crippen LogP contribution in [0.4, 0.5) is 10.1 Å². The molecule has 0 saturated heterocycles. The van der Waals surface area contributed by atoms with Gasteiger partial charge in [0.1, 0.15) is 11.5 Å². The monoisotopic (exact) mass is 454 g/mol. The minimum atomic E-state index is -1.37. The van der Waals surface area contributed by atoms with Crippen LogP contribution in [0, 0.1) is 5.82 Å². The van der Waals surface area contributed by atoms with Crippen molar-refractivity contribution in [3.8, 4) is 17.2 Å². The number of rotatable bonds is 6. The predicted octanol–water partition coefficient (Wildman–Crippen LogP) is 5.11. The molecular weight excluding hydrogens is 431 g/mol. The van der Waals surface area contributed by atoms with Gasteiger partial charge in [-0.05, 0) is 45.4 Å². The highest BCUT2D eigenvalue weighted by atomic mass is 35.5. The van der Waals surface area contributed by atoms with Gasteiger partial charge in [-0.1, -0.05) is 24.6 Å². The zero-order chi connectivity index (χ0) is 22.1. The lowest BCUT2D eigenvalue weighted by molar-refractivity contribution is -0.118. The number of fused-ring (bicyclic) bond motifs is 1. The molecule has 1 aliphatic rings. The van der Waals surface area contributed by atoms with Crippen LogP contribution in [0.15, 0.2) is 30.3 Å². The summed E-state index contributed by atoms with van der Waals surface area (Å²) in [5, 5.41) is 2.79. The first-order valence-electron chi connectivity index (χ1n) is 9.50. The second-order valence-corrected chi connectivity index (χ2v) is 10.2. The molecule has 0 unspecified atom stereocenters. The summed E-state index contributed by atoms with van der Waals surface area (Å²) < 4.78 is 41.5. The lowest BCUT2D eigenvalue weighted by atomic mass is 10.0. The molecule has 2 N–H and O–H groups in total. The van der Waals surface area contributed by atoms with E-state index in [0.29, 0.717) is 29.2 Å². The molecular formula is C21H24ClFN2O4S. The lowest BCUT2D eigenvalue weighted by Gasteiger charge is -2.25. The predicted molar refractivity (Wildman–Crippen MR) is 116 cm³/mol. The van der Waals surface area contributed by atoms with Crippen molar-refractivity contribution in [2.45, 2.75) is 44.9 Å². The zero-order valence-electron chi connectivity index (χ0n) is 17.2. The Morgan fingerprint density at radius 1 is 1.33 bits per heavy atom. The molecule has 1 amide bonds. The van der Waals surface area contributed by atoms with Crippen molar-refractivity contribution in [1.29, 1.82) is 0 Å². The van der Waals surface area contributed by atoms with E-state index in [4.69, 9.17) is 21.1 Å². The van der Waals surface area contributed by atoms with Crippen LogP contribution in [0.2, 0.25) is 5.02 Å². The number of anilines is 1. The average Bonchev–Trinajstić information content (AvgIpc) is 2.69. The summed E-state index contributed by atoms with van der Waals surface area (Å²) in [5.74, 6) is -0.269. The molecule has 0 aromatic heterocycles. The number of halogens is 2. The average molecular weight is 455 g/mol. The normalized spacial score (nSPS) is 15.6. The molecule has 2 aromatic carbocycles. The van der Waals surface area contributed by atoms with E-state index in [1.807, 2.05) is 27.7 Å². The molecule has 3 rings (SSSR count). The van der Waals surface area contributed by atoms with E-state index in [1.54, 1.807) is 30.3 Å². The van der Waals surface area contributed by atoms with Gasteiger partial charge >= 0.3 is 0 Å². The third kappa shape index (κ3) is 4.94. The van der Waals surface area contributed by atoms with Crippen molar-refractivity contribution in [1.82, 2.24) is 4.72 Å². The van der Waals surface area contributed by atoms with Crippen molar-refractivity contribution < 1.29 is 22.9 Å². The summed E-state index contributed by atoms with van der Waals surface area (Å²) in [6.07, 6.45) is 0.520. The van der Waals surface area contributed by atoms with Gasteiger partial charge in [0.15, 0.2) is 18.2 Å². The smallest absolute Gasteiger partial charge is 0.262 e. The summed E-state index contributed by atoms with van der Waals surface area (Å²) in [6, 6.07) is 7.39. The van der Waals surface area contributed by atoms with E-state index in [1.165, 1.54) is 0 Å². The summed E-state index contributed by atoms with van der Waals surface area (Å²) in [4.78, 5) is 11.4. The molecule has 30 heavy (non-hydrogen) atoms. The molecule has 9 heteroatoms. The molecule has 0 saturated carbocycles. The molecule has 2 aromatic rings. The summed E-state index contributed by atoms with van der Waals surface area (Å²) >= 11 is 6.21. The first-order chi connectivity index (χ1) is 14.1. The number of hydrogen-bond acceptors (Lipinski definition) is 4. The maximum Gasteiger partial charge on any atom is 0.262 e. The second-order valence-electron chi connectivity index (χ2n) is 7.84. The Balaban J connectivity index is 1.89. The number of benzene rings is 2. The number of ether oxygens (including phenoxy) is 2. The Morgan fingerprint density at radius 2 is 2.07 bits per heavy atom. The van der Waals surface area contributed by atoms with Gasteiger partial charge < -0.3 is 14.8 Å². The fourth-order valence-electron chi connectivity index (χ4n) is 2.82. The highest BCUT2D eigenvalue weighted by Gasteiger charge is 2.26. The minimum absolute atomic E-state index is 0.101. The lowest BCUT2D eigenvalue weighted by Crippen LogP contribution is -2.35. The Hall–Kier alpha value is -2.16. The van der Waals surface area contributed by atoms with E-state index in [0.717, 1.165) is 0 Å². The van der Waals surface area contributed by atoms with E-state index in [-0.39, 0.29) is 23.3 Å². The Kier molecular flexibility index (Phi) is 6.69. The quantitative estimate of drug-likeness (QED) is 0.636. The van der Waals surface area contributed by atoms with Crippen LogP contribution in [0.1, 0.15) is 45.7 Å². The van der Waals surface area contributed by atoms with Gasteiger partial charge in [0, 0.05) is 17.7 Å². The summed E-state index contributed by atoms with van der Waals surface area (Å²) in [7, 11) is -1.37. The first-order valence-corrected chi connectivity index (χ1v) is 11.0. The van der Waals surface area contributed by atoms with Crippen molar-refractivity contribution in [2.75, 3.05) is 11.9 Å². The molecule has 0 bridgehead atoms. The van der Waals surface area contributed by atoms with Crippen molar-refractivity contribution in [3.05, 3.63) is 46.7 Å². The van der Waals surface area contributed by atoms with Crippen LogP contribution in [-0.2, 0) is 15.8 Å². The molecule has 0 fully saturated rings. The highest BCUT2D eigenvalue weighted by Crippen LogP contribution is 2.39. The van der Waals surface area contributed by atoms with Crippen LogP contribution in [-0.4, -0.2) is 21.5 Å². The number of carbonyl (C=O) groups is 1. The standard InChI is InChI=1S/C21H24ClFN2O4S/c1-5-15(25-30(27)21(2,3)4)13-7-8-14(22)20(19(13)23)29-12-6-9-16-17(10-12)28-11-18(26)24-16/h6-10,15,25H,5,11H2,1-4H3,(H,24,26)/t15-,30-/m1/s1. The van der Waals surface area contributed by atoms with Gasteiger partial charge in [-0.3, -0.25) is 4.79 Å². The minimum Gasteiger partial charge on any atom is -0.481 e. The van der Waals surface area contributed by atoms with E-state index < -0.39 is 27.6 Å². The highest BCUT2D eigenvalue weighted by molar-refractivity contribution is 7.84. The Morgan fingerprint density at radius 3 is 2.73 bits per heavy atom. The van der Waals surface area contributed by atoms with Gasteiger partial charge in [0.25, 0.3) is 5.91 Å². The maximum atomic E-state index is 15.4. The maximum absolute atomic E-state index is 15.4. The zero-order valence-corrected chi connectivity index (χ0v) is 18.7. The molecule has 1 heterocycles. The molecule has 162 valence electrons. The molecule has 0 aliphatic carbocycles. The van der Waals surface area contributed by atoms with Crippen LogP contribution in [0.25, 0.3) is 0 Å². The fraction of sp³-hybridized carbons (Fsp3) is 0.381. The van der Waals surface area contributed by atoms with Crippen molar-refractivity contribution in [2.24, 2.45) is 0 Å². The molecule has 0 spiro atoms. The Labute approximate surface area is 182 Å². The van der Waals surface area contributed by atoms with E-state index in [2.05, 4.69) is 10.0 Å². The molecule has 0 radical (unpaired) electrons. The van der Waals surface area contributed by atoms with E-state index >= 15 is 4.39 Å². The first kappa shape index (κ1) is 22.5. The van der Waals surface area contributed by atoms with Gasteiger partial charge in [0.2, 0.25) is 0 Å². The topological polar surface area (TPSA) is 76.7 Å². The number of carbonyl (C=O) groups excluding carboxylic acids is 1. The third-order valence-electron chi connectivity index (χ3n) is 4.47. The number of nitrogens with one attached hydrogen (secondary N) is 2. The van der Waals surface area contributed by atoms with Gasteiger partial charge in [-0.2, -0.15) is 0 Å². The third-order valence-corrected chi connectivity index (χ3v) is 6.38. The van der Waals surface area contributed by atoms with Gasteiger partial charge in [-0.25, -0.2) is 13.3 Å². The molecule has 1 aliphatic heterocycles. The fourth-order valence-corrected chi connectivity index (χ4v) is 3.91. The Bertz CT molecular complexity index is 994. The van der Waals surface area contributed by atoms with Gasteiger partial charge in [-0.15, -0.1) is 0 Å². The second kappa shape index (κ2) is 8.91.